The molecule has 0 atom stereocenters. The van der Waals surface area contributed by atoms with Gasteiger partial charge in [-0.25, -0.2) is 0 Å². The first kappa shape index (κ1) is 11.7. The summed E-state index contributed by atoms with van der Waals surface area (Å²) in [6.45, 7) is 0. The molecule has 4 N–H and O–H groups in total. The molecule has 1 heterocycles. The number of benzene rings is 1. The van der Waals surface area contributed by atoms with Crippen LogP contribution in [0.15, 0.2) is 12.1 Å². The molecule has 88 valence electrons. The molecule has 0 saturated heterocycles. The maximum atomic E-state index is 11.1. The zero-order valence-electron chi connectivity index (χ0n) is 8.24. The van der Waals surface area contributed by atoms with Crippen molar-refractivity contribution in [1.82, 2.24) is 15.4 Å². The van der Waals surface area contributed by atoms with Crippen molar-refractivity contribution in [2.45, 2.75) is 0 Å². The summed E-state index contributed by atoms with van der Waals surface area (Å²) in [5.41, 5.74) is 5.30. The summed E-state index contributed by atoms with van der Waals surface area (Å²) in [5, 5.41) is 19.7. The number of hydrogen-bond acceptors (Lipinski definition) is 4. The number of H-pyrrole nitrogens is 1. The van der Waals surface area contributed by atoms with E-state index in [2.05, 4.69) is 15.4 Å². The number of aromatic amines is 1. The van der Waals surface area contributed by atoms with Gasteiger partial charge in [-0.05, 0) is 12.1 Å². The van der Waals surface area contributed by atoms with Gasteiger partial charge in [0.25, 0.3) is 5.91 Å². The van der Waals surface area contributed by atoms with Crippen molar-refractivity contribution in [3.05, 3.63) is 27.9 Å². The maximum Gasteiger partial charge on any atom is 0.271 e. The molecular weight excluding hydrogens is 267 g/mol. The standard InChI is InChI=1S/C9H6Cl2N4O2/c10-3-1-4(8(16)5(11)2-3)6-7(9(12)17)14-15-13-6/h1-2,16H,(H2,12,17)(H,13,14,15). The molecule has 2 aromatic rings. The van der Waals surface area contributed by atoms with E-state index >= 15 is 0 Å². The number of aromatic hydroxyl groups is 1. The maximum absolute atomic E-state index is 11.1. The molecule has 8 heteroatoms. The third kappa shape index (κ3) is 2.04. The Bertz CT molecular complexity index is 597. The number of hydrogen-bond donors (Lipinski definition) is 3. The van der Waals surface area contributed by atoms with Gasteiger partial charge in [0.05, 0.1) is 5.02 Å². The number of halogens is 2. The molecule has 0 fully saturated rings. The second kappa shape index (κ2) is 4.23. The topological polar surface area (TPSA) is 105 Å². The number of rotatable bonds is 2. The van der Waals surface area contributed by atoms with Crippen LogP contribution < -0.4 is 5.73 Å². The van der Waals surface area contributed by atoms with Crippen LogP contribution in [0.2, 0.25) is 10.0 Å². The van der Waals surface area contributed by atoms with Crippen molar-refractivity contribution in [1.29, 1.82) is 0 Å². The van der Waals surface area contributed by atoms with E-state index in [1.807, 2.05) is 0 Å². The monoisotopic (exact) mass is 272 g/mol. The predicted molar refractivity (Wildman–Crippen MR) is 62.0 cm³/mol. The van der Waals surface area contributed by atoms with Crippen LogP contribution in [0.5, 0.6) is 5.75 Å². The highest BCUT2D eigenvalue weighted by molar-refractivity contribution is 6.36. The Hall–Kier alpha value is -1.79. The molecule has 1 aromatic carbocycles. The van der Waals surface area contributed by atoms with Crippen LogP contribution >= 0.6 is 23.2 Å². The van der Waals surface area contributed by atoms with Gasteiger partial charge < -0.3 is 10.8 Å². The Balaban J connectivity index is 2.68. The molecule has 0 spiro atoms. The second-order valence-electron chi connectivity index (χ2n) is 3.17. The van der Waals surface area contributed by atoms with Crippen LogP contribution in [0.1, 0.15) is 10.5 Å². The molecular formula is C9H6Cl2N4O2. The minimum atomic E-state index is -0.774. The van der Waals surface area contributed by atoms with Crippen molar-refractivity contribution in [2.75, 3.05) is 0 Å². The number of nitrogens with one attached hydrogen (secondary N) is 1. The van der Waals surface area contributed by atoms with Crippen molar-refractivity contribution < 1.29 is 9.90 Å². The lowest BCUT2D eigenvalue weighted by molar-refractivity contribution is 0.0996. The zero-order valence-corrected chi connectivity index (χ0v) is 9.75. The Morgan fingerprint density at radius 1 is 1.35 bits per heavy atom. The number of carbonyl (C=O) groups is 1. The number of carbonyl (C=O) groups excluding carboxylic acids is 1. The number of nitrogens with two attached hydrogens (primary N) is 1. The van der Waals surface area contributed by atoms with Gasteiger partial charge in [0.15, 0.2) is 5.69 Å². The fraction of sp³-hybridized carbons (Fsp3) is 0. The van der Waals surface area contributed by atoms with Crippen molar-refractivity contribution in [2.24, 2.45) is 5.73 Å². The number of nitrogens with zero attached hydrogens (tertiary/aromatic N) is 2. The van der Waals surface area contributed by atoms with Gasteiger partial charge in [-0.1, -0.05) is 23.2 Å². The minimum absolute atomic E-state index is 0.0471. The first-order valence-electron chi connectivity index (χ1n) is 4.39. The normalized spacial score (nSPS) is 10.5. The Kier molecular flexibility index (Phi) is 2.91. The van der Waals surface area contributed by atoms with Crippen LogP contribution in [-0.2, 0) is 0 Å². The Morgan fingerprint density at radius 3 is 2.71 bits per heavy atom. The first-order valence-corrected chi connectivity index (χ1v) is 5.15. The summed E-state index contributed by atoms with van der Waals surface area (Å²) < 4.78 is 0. The van der Waals surface area contributed by atoms with Crippen LogP contribution in [0.4, 0.5) is 0 Å². The third-order valence-electron chi connectivity index (χ3n) is 2.06. The van der Waals surface area contributed by atoms with Gasteiger partial charge in [0.2, 0.25) is 0 Å². The molecule has 1 amide bonds. The molecule has 0 saturated carbocycles. The van der Waals surface area contributed by atoms with Gasteiger partial charge in [0.1, 0.15) is 11.4 Å². The van der Waals surface area contributed by atoms with Crippen molar-refractivity contribution in [3.63, 3.8) is 0 Å². The highest BCUT2D eigenvalue weighted by atomic mass is 35.5. The molecule has 1 aromatic heterocycles. The van der Waals surface area contributed by atoms with Gasteiger partial charge in [-0.3, -0.25) is 4.79 Å². The lowest BCUT2D eigenvalue weighted by Crippen LogP contribution is -2.12. The molecule has 2 rings (SSSR count). The van der Waals surface area contributed by atoms with Crippen molar-refractivity contribution in [3.8, 4) is 17.0 Å². The molecule has 0 aliphatic heterocycles. The van der Waals surface area contributed by atoms with Gasteiger partial charge in [-0.15, -0.1) is 0 Å². The van der Waals surface area contributed by atoms with Crippen LogP contribution in [-0.4, -0.2) is 26.4 Å². The molecule has 0 bridgehead atoms. The van der Waals surface area contributed by atoms with Crippen LogP contribution in [0, 0.1) is 0 Å². The number of phenols is 1. The molecule has 17 heavy (non-hydrogen) atoms. The molecule has 0 radical (unpaired) electrons. The van der Waals surface area contributed by atoms with E-state index in [1.165, 1.54) is 12.1 Å². The van der Waals surface area contributed by atoms with Crippen LogP contribution in [0.25, 0.3) is 11.3 Å². The average molecular weight is 273 g/mol. The second-order valence-corrected chi connectivity index (χ2v) is 4.01. The largest absolute Gasteiger partial charge is 0.506 e. The molecule has 6 nitrogen and oxygen atoms in total. The Labute approximate surface area is 105 Å². The molecule has 0 aliphatic rings. The van der Waals surface area contributed by atoms with E-state index in [-0.39, 0.29) is 27.7 Å². The number of amides is 1. The zero-order chi connectivity index (χ0) is 12.6. The lowest BCUT2D eigenvalue weighted by atomic mass is 10.1. The average Bonchev–Trinajstić information content (AvgIpc) is 2.72. The van der Waals surface area contributed by atoms with E-state index in [9.17, 15) is 9.90 Å². The molecule has 0 unspecified atom stereocenters. The quantitative estimate of drug-likeness (QED) is 0.772. The lowest BCUT2D eigenvalue weighted by Gasteiger charge is -2.04. The summed E-state index contributed by atoms with van der Waals surface area (Å²) in [4.78, 5) is 11.1. The number of phenolic OH excluding ortho intramolecular Hbond substituents is 1. The van der Waals surface area contributed by atoms with E-state index in [1.54, 1.807) is 0 Å². The summed E-state index contributed by atoms with van der Waals surface area (Å²) in [6, 6.07) is 2.78. The van der Waals surface area contributed by atoms with Crippen molar-refractivity contribution >= 4 is 29.1 Å². The van der Waals surface area contributed by atoms with Gasteiger partial charge in [0, 0.05) is 10.6 Å². The summed E-state index contributed by atoms with van der Waals surface area (Å²) >= 11 is 11.6. The highest BCUT2D eigenvalue weighted by Crippen LogP contribution is 2.37. The SMILES string of the molecule is NC(=O)c1n[nH]nc1-c1cc(Cl)cc(Cl)c1O. The van der Waals surface area contributed by atoms with Gasteiger partial charge in [-0.2, -0.15) is 15.4 Å². The fourth-order valence-corrected chi connectivity index (χ4v) is 1.83. The first-order chi connectivity index (χ1) is 8.00. The predicted octanol–water partition coefficient (Wildman–Crippen LogP) is 1.58. The van der Waals surface area contributed by atoms with E-state index in [4.69, 9.17) is 28.9 Å². The van der Waals surface area contributed by atoms with E-state index in [0.717, 1.165) is 0 Å². The summed E-state index contributed by atoms with van der Waals surface area (Å²) in [7, 11) is 0. The smallest absolute Gasteiger partial charge is 0.271 e. The van der Waals surface area contributed by atoms with E-state index in [0.29, 0.717) is 5.02 Å². The highest BCUT2D eigenvalue weighted by Gasteiger charge is 2.20. The summed E-state index contributed by atoms with van der Waals surface area (Å²) in [5.74, 6) is -1.02. The van der Waals surface area contributed by atoms with Gasteiger partial charge >= 0.3 is 0 Å². The fourth-order valence-electron chi connectivity index (χ4n) is 1.34. The molecule has 0 aliphatic carbocycles. The Morgan fingerprint density at radius 2 is 2.06 bits per heavy atom. The minimum Gasteiger partial charge on any atom is -0.506 e. The third-order valence-corrected chi connectivity index (χ3v) is 2.57. The summed E-state index contributed by atoms with van der Waals surface area (Å²) in [6.07, 6.45) is 0. The number of primary amides is 1. The number of aromatic nitrogens is 3. The van der Waals surface area contributed by atoms with E-state index < -0.39 is 5.91 Å². The van der Waals surface area contributed by atoms with Crippen LogP contribution in [0.3, 0.4) is 0 Å².